The number of hydrogen-bond acceptors (Lipinski definition) is 7. The van der Waals surface area contributed by atoms with Crippen LogP contribution in [0.3, 0.4) is 0 Å². The molecule has 0 aromatic rings. The van der Waals surface area contributed by atoms with E-state index in [-0.39, 0.29) is 42.8 Å². The Morgan fingerprint density at radius 3 is 2.61 bits per heavy atom. The van der Waals surface area contributed by atoms with Crippen LogP contribution in [0.25, 0.3) is 0 Å². The van der Waals surface area contributed by atoms with Crippen LogP contribution in [0.5, 0.6) is 0 Å². The molecule has 0 fully saturated rings. The SMILES string of the molecule is CCCC(=O)C(CC1=CC([N+](=O)[O-])=C(N=O)CC=C1)NC(=O)OCC(C)(C)C. The molecule has 1 atom stereocenters. The molecule has 0 aliphatic heterocycles. The summed E-state index contributed by atoms with van der Waals surface area (Å²) in [7, 11) is 0. The maximum Gasteiger partial charge on any atom is 0.407 e. The lowest BCUT2D eigenvalue weighted by Gasteiger charge is -2.21. The largest absolute Gasteiger partial charge is 0.449 e. The van der Waals surface area contributed by atoms with Crippen LogP contribution in [0.15, 0.2) is 40.4 Å². The molecule has 0 aromatic carbocycles. The van der Waals surface area contributed by atoms with Crippen LogP contribution in [0, 0.1) is 20.4 Å². The van der Waals surface area contributed by atoms with E-state index in [1.54, 1.807) is 12.2 Å². The lowest BCUT2D eigenvalue weighted by atomic mass is 9.98. The van der Waals surface area contributed by atoms with Crippen LogP contribution >= 0.6 is 0 Å². The first-order valence-electron chi connectivity index (χ1n) is 9.11. The molecule has 0 spiro atoms. The summed E-state index contributed by atoms with van der Waals surface area (Å²) in [5.74, 6) is -0.200. The molecular formula is C19H27N3O6. The Morgan fingerprint density at radius 2 is 2.07 bits per heavy atom. The van der Waals surface area contributed by atoms with Gasteiger partial charge in [-0.25, -0.2) is 4.79 Å². The summed E-state index contributed by atoms with van der Waals surface area (Å²) in [4.78, 5) is 45.9. The smallest absolute Gasteiger partial charge is 0.407 e. The van der Waals surface area contributed by atoms with Gasteiger partial charge in [-0.05, 0) is 22.6 Å². The average molecular weight is 393 g/mol. The third kappa shape index (κ3) is 7.81. The summed E-state index contributed by atoms with van der Waals surface area (Å²) in [5, 5.41) is 16.5. The Kier molecular flexibility index (Phi) is 8.69. The van der Waals surface area contributed by atoms with Gasteiger partial charge in [-0.2, -0.15) is 0 Å². The molecule has 1 N–H and O–H groups in total. The summed E-state index contributed by atoms with van der Waals surface area (Å²) in [6.07, 6.45) is 4.58. The molecule has 0 heterocycles. The molecule has 1 rings (SSSR count). The molecule has 1 unspecified atom stereocenters. The zero-order valence-corrected chi connectivity index (χ0v) is 16.7. The monoisotopic (exact) mass is 393 g/mol. The molecule has 154 valence electrons. The number of ether oxygens (including phenoxy) is 1. The number of nitro groups is 1. The lowest BCUT2D eigenvalue weighted by molar-refractivity contribution is -0.420. The number of hydrogen-bond donors (Lipinski definition) is 1. The van der Waals surface area contributed by atoms with Crippen molar-refractivity contribution in [3.63, 3.8) is 0 Å². The van der Waals surface area contributed by atoms with Crippen LogP contribution in [-0.2, 0) is 9.53 Å². The van der Waals surface area contributed by atoms with Gasteiger partial charge in [-0.15, -0.1) is 4.91 Å². The summed E-state index contributed by atoms with van der Waals surface area (Å²) in [5.41, 5.74) is -0.385. The zero-order chi connectivity index (χ0) is 21.3. The first kappa shape index (κ1) is 23.2. The molecule has 1 aliphatic carbocycles. The van der Waals surface area contributed by atoms with Crippen LogP contribution in [-0.4, -0.2) is 29.4 Å². The van der Waals surface area contributed by atoms with Gasteiger partial charge in [0.05, 0.1) is 17.6 Å². The van der Waals surface area contributed by atoms with Gasteiger partial charge in [0, 0.05) is 25.3 Å². The van der Waals surface area contributed by atoms with Crippen molar-refractivity contribution in [1.29, 1.82) is 0 Å². The van der Waals surface area contributed by atoms with Crippen molar-refractivity contribution in [3.05, 3.63) is 50.2 Å². The Hall–Kier alpha value is -2.84. The van der Waals surface area contributed by atoms with Crippen molar-refractivity contribution in [2.45, 2.75) is 59.4 Å². The van der Waals surface area contributed by atoms with E-state index in [9.17, 15) is 24.6 Å². The predicted octanol–water partition coefficient (Wildman–Crippen LogP) is 4.03. The molecule has 9 nitrogen and oxygen atoms in total. The quantitative estimate of drug-likeness (QED) is 0.358. The molecule has 1 aliphatic rings. The maximum atomic E-state index is 12.4. The Morgan fingerprint density at radius 1 is 1.39 bits per heavy atom. The number of nitrogens with one attached hydrogen (secondary N) is 1. The summed E-state index contributed by atoms with van der Waals surface area (Å²) in [6.45, 7) is 7.74. The van der Waals surface area contributed by atoms with Gasteiger partial charge in [0.15, 0.2) is 11.5 Å². The fraction of sp³-hybridized carbons (Fsp3) is 0.579. The predicted molar refractivity (Wildman–Crippen MR) is 104 cm³/mol. The molecule has 9 heteroatoms. The van der Waals surface area contributed by atoms with E-state index in [0.717, 1.165) is 0 Å². The van der Waals surface area contributed by atoms with Gasteiger partial charge in [-0.3, -0.25) is 14.9 Å². The second kappa shape index (κ2) is 10.5. The third-order valence-corrected chi connectivity index (χ3v) is 3.82. The van der Waals surface area contributed by atoms with Crippen LogP contribution in [0.2, 0.25) is 0 Å². The molecule has 1 amide bonds. The molecule has 0 saturated carbocycles. The second-order valence-electron chi connectivity index (χ2n) is 7.76. The van der Waals surface area contributed by atoms with E-state index in [1.807, 2.05) is 27.7 Å². The first-order valence-corrected chi connectivity index (χ1v) is 9.11. The van der Waals surface area contributed by atoms with Crippen molar-refractivity contribution in [3.8, 4) is 0 Å². The van der Waals surface area contributed by atoms with Gasteiger partial charge in [0.25, 0.3) is 5.70 Å². The van der Waals surface area contributed by atoms with Crippen molar-refractivity contribution in [2.24, 2.45) is 10.6 Å². The van der Waals surface area contributed by atoms with Gasteiger partial charge in [-0.1, -0.05) is 39.8 Å². The number of alkyl carbamates (subject to hydrolysis) is 1. The highest BCUT2D eigenvalue weighted by Gasteiger charge is 2.25. The normalized spacial score (nSPS) is 15.4. The van der Waals surface area contributed by atoms with Gasteiger partial charge < -0.3 is 10.1 Å². The minimum Gasteiger partial charge on any atom is -0.449 e. The zero-order valence-electron chi connectivity index (χ0n) is 16.7. The van der Waals surface area contributed by atoms with Crippen LogP contribution < -0.4 is 5.32 Å². The summed E-state index contributed by atoms with van der Waals surface area (Å²) in [6, 6.07) is -0.887. The van der Waals surface area contributed by atoms with E-state index in [4.69, 9.17) is 4.74 Å². The first-order chi connectivity index (χ1) is 13.1. The number of carbonyl (C=O) groups excluding carboxylic acids is 2. The number of rotatable bonds is 9. The van der Waals surface area contributed by atoms with Crippen molar-refractivity contribution in [1.82, 2.24) is 5.32 Å². The van der Waals surface area contributed by atoms with Gasteiger partial charge in [0.2, 0.25) is 0 Å². The molecule has 28 heavy (non-hydrogen) atoms. The topological polar surface area (TPSA) is 128 Å². The number of ketones is 1. The van der Waals surface area contributed by atoms with Crippen molar-refractivity contribution in [2.75, 3.05) is 6.61 Å². The number of nitrogens with zero attached hydrogens (tertiary/aromatic N) is 2. The highest BCUT2D eigenvalue weighted by molar-refractivity contribution is 5.87. The highest BCUT2D eigenvalue weighted by Crippen LogP contribution is 2.23. The molecule has 0 bridgehead atoms. The number of nitroso groups, excluding NO2 is 1. The van der Waals surface area contributed by atoms with E-state index < -0.39 is 22.8 Å². The number of amides is 1. The Balaban J connectivity index is 3.01. The second-order valence-corrected chi connectivity index (χ2v) is 7.76. The van der Waals surface area contributed by atoms with Crippen molar-refractivity contribution >= 4 is 11.9 Å². The third-order valence-electron chi connectivity index (χ3n) is 3.82. The minimum atomic E-state index is -0.887. The fourth-order valence-electron chi connectivity index (χ4n) is 2.47. The molecule has 0 radical (unpaired) electrons. The average Bonchev–Trinajstić information content (AvgIpc) is 2.81. The van der Waals surface area contributed by atoms with E-state index >= 15 is 0 Å². The lowest BCUT2D eigenvalue weighted by Crippen LogP contribution is -2.42. The van der Waals surface area contributed by atoms with Crippen LogP contribution in [0.1, 0.15) is 53.4 Å². The van der Waals surface area contributed by atoms with Crippen molar-refractivity contribution < 1.29 is 19.2 Å². The number of carbonyl (C=O) groups is 2. The standard InChI is InChI=1S/C19H27N3O6/c1-5-7-17(23)15(20-18(24)28-12-19(2,3)4)10-13-8-6-9-14(21-25)16(11-13)22(26)27/h6,8,11,15H,5,7,9-10,12H2,1-4H3,(H,20,24). The highest BCUT2D eigenvalue weighted by atomic mass is 16.6. The Bertz CT molecular complexity index is 716. The van der Waals surface area contributed by atoms with E-state index in [1.165, 1.54) is 6.08 Å². The minimum absolute atomic E-state index is 0.0223. The fourth-order valence-corrected chi connectivity index (χ4v) is 2.47. The summed E-state index contributed by atoms with van der Waals surface area (Å²) >= 11 is 0. The molecular weight excluding hydrogens is 366 g/mol. The van der Waals surface area contributed by atoms with E-state index in [0.29, 0.717) is 12.0 Å². The molecule has 0 aromatic heterocycles. The van der Waals surface area contributed by atoms with E-state index in [2.05, 4.69) is 10.5 Å². The van der Waals surface area contributed by atoms with Crippen LogP contribution in [0.4, 0.5) is 4.79 Å². The Labute approximate surface area is 164 Å². The summed E-state index contributed by atoms with van der Waals surface area (Å²) < 4.78 is 5.16. The van der Waals surface area contributed by atoms with Gasteiger partial charge >= 0.3 is 6.09 Å². The number of Topliss-reactive ketones (excluding diaryl/α,β-unsaturated/α-hetero) is 1. The maximum absolute atomic E-state index is 12.4. The van der Waals surface area contributed by atoms with Gasteiger partial charge in [0.1, 0.15) is 0 Å². The molecule has 0 saturated heterocycles. The number of allylic oxidation sites excluding steroid dienone is 3.